The first-order valence-electron chi connectivity index (χ1n) is 9.18. The van der Waals surface area contributed by atoms with Crippen LogP contribution < -0.4 is 10.5 Å². The van der Waals surface area contributed by atoms with Gasteiger partial charge < -0.3 is 10.6 Å². The lowest BCUT2D eigenvalue weighted by Crippen LogP contribution is -2.46. The summed E-state index contributed by atoms with van der Waals surface area (Å²) in [6.45, 7) is 1.80. The Balaban J connectivity index is 0.00000364. The Labute approximate surface area is 167 Å². The second-order valence-electron chi connectivity index (χ2n) is 6.68. The molecule has 1 aromatic carbocycles. The summed E-state index contributed by atoms with van der Waals surface area (Å²) in [5.74, 6) is -0.337. The minimum atomic E-state index is -3.67. The molecule has 0 aromatic heterocycles. The predicted molar refractivity (Wildman–Crippen MR) is 106 cm³/mol. The van der Waals surface area contributed by atoms with Crippen LogP contribution in [-0.2, 0) is 14.8 Å². The molecule has 0 spiro atoms. The zero-order valence-electron chi connectivity index (χ0n) is 15.4. The van der Waals surface area contributed by atoms with Crippen molar-refractivity contribution in [1.82, 2.24) is 9.62 Å². The number of sulfonamides is 1. The fraction of sp³-hybridized carbons (Fsp3) is 0.611. The van der Waals surface area contributed by atoms with E-state index in [2.05, 4.69) is 4.72 Å². The van der Waals surface area contributed by atoms with Crippen LogP contribution in [0, 0.1) is 5.82 Å². The van der Waals surface area contributed by atoms with E-state index in [4.69, 9.17) is 5.73 Å². The Morgan fingerprint density at radius 3 is 2.30 bits per heavy atom. The van der Waals surface area contributed by atoms with Crippen molar-refractivity contribution >= 4 is 28.3 Å². The molecule has 0 radical (unpaired) electrons. The maximum absolute atomic E-state index is 12.9. The van der Waals surface area contributed by atoms with Crippen molar-refractivity contribution in [2.45, 2.75) is 55.9 Å². The summed E-state index contributed by atoms with van der Waals surface area (Å²) in [5.41, 5.74) is 5.45. The normalized spacial score (nSPS) is 15.4. The van der Waals surface area contributed by atoms with Crippen LogP contribution in [0.5, 0.6) is 0 Å². The zero-order chi connectivity index (χ0) is 19.0. The van der Waals surface area contributed by atoms with Crippen molar-refractivity contribution in [3.05, 3.63) is 30.1 Å². The van der Waals surface area contributed by atoms with Crippen molar-refractivity contribution in [1.29, 1.82) is 0 Å². The van der Waals surface area contributed by atoms with E-state index in [0.717, 1.165) is 37.8 Å². The first kappa shape index (κ1) is 23.8. The Bertz CT molecular complexity index is 678. The average Bonchev–Trinajstić information content (AvgIpc) is 2.62. The van der Waals surface area contributed by atoms with Gasteiger partial charge >= 0.3 is 0 Å². The number of nitrogens with one attached hydrogen (secondary N) is 1. The van der Waals surface area contributed by atoms with Crippen molar-refractivity contribution < 1.29 is 17.6 Å². The first-order valence-corrected chi connectivity index (χ1v) is 10.7. The second kappa shape index (κ2) is 11.6. The van der Waals surface area contributed by atoms with Gasteiger partial charge in [-0.15, -0.1) is 12.4 Å². The molecule has 0 saturated carbocycles. The topological polar surface area (TPSA) is 92.5 Å². The third kappa shape index (κ3) is 7.73. The number of nitrogens with two attached hydrogens (primary N) is 1. The molecule has 9 heteroatoms. The lowest BCUT2D eigenvalue weighted by molar-refractivity contribution is -0.132. The number of unbranched alkanes of at least 4 members (excludes halogenated alkanes) is 3. The highest BCUT2D eigenvalue weighted by atomic mass is 35.5. The highest BCUT2D eigenvalue weighted by Gasteiger charge is 2.26. The molecule has 27 heavy (non-hydrogen) atoms. The lowest BCUT2D eigenvalue weighted by Gasteiger charge is -2.32. The van der Waals surface area contributed by atoms with Gasteiger partial charge in [-0.1, -0.05) is 12.8 Å². The monoisotopic (exact) mass is 421 g/mol. The van der Waals surface area contributed by atoms with Crippen LogP contribution in [0.2, 0.25) is 0 Å². The van der Waals surface area contributed by atoms with E-state index in [1.54, 1.807) is 0 Å². The van der Waals surface area contributed by atoms with E-state index in [1.165, 1.54) is 12.1 Å². The SMILES string of the molecule is Cl.NCCCCCCC(=O)N1CCC(NS(=O)(=O)c2ccc(F)cc2)CC1. The van der Waals surface area contributed by atoms with Gasteiger partial charge in [-0.3, -0.25) is 4.79 Å². The van der Waals surface area contributed by atoms with Crippen LogP contribution in [0.3, 0.4) is 0 Å². The summed E-state index contributed by atoms with van der Waals surface area (Å²) in [6, 6.07) is 4.55. The predicted octanol–water partition coefficient (Wildman–Crippen LogP) is 2.43. The van der Waals surface area contributed by atoms with Crippen molar-refractivity contribution in [3.63, 3.8) is 0 Å². The number of nitrogens with zero attached hydrogens (tertiary/aromatic N) is 1. The van der Waals surface area contributed by atoms with E-state index in [9.17, 15) is 17.6 Å². The smallest absolute Gasteiger partial charge is 0.240 e. The van der Waals surface area contributed by atoms with Gasteiger partial charge in [0.1, 0.15) is 5.82 Å². The Kier molecular flexibility index (Phi) is 10.2. The molecule has 1 aliphatic heterocycles. The van der Waals surface area contributed by atoms with Crippen molar-refractivity contribution in [2.24, 2.45) is 5.73 Å². The Morgan fingerprint density at radius 1 is 1.11 bits per heavy atom. The third-order valence-corrected chi connectivity index (χ3v) is 6.17. The molecular weight excluding hydrogens is 393 g/mol. The van der Waals surface area contributed by atoms with E-state index in [-0.39, 0.29) is 29.3 Å². The molecule has 2 rings (SSSR count). The third-order valence-electron chi connectivity index (χ3n) is 4.64. The van der Waals surface area contributed by atoms with Gasteiger partial charge in [0.25, 0.3) is 0 Å². The lowest BCUT2D eigenvalue weighted by atomic mass is 10.1. The molecule has 6 nitrogen and oxygen atoms in total. The number of halogens is 2. The highest BCUT2D eigenvalue weighted by Crippen LogP contribution is 2.17. The van der Waals surface area contributed by atoms with E-state index >= 15 is 0 Å². The summed E-state index contributed by atoms with van der Waals surface area (Å²) in [4.78, 5) is 14.1. The van der Waals surface area contributed by atoms with E-state index in [0.29, 0.717) is 38.9 Å². The molecule has 0 aliphatic carbocycles. The van der Waals surface area contributed by atoms with Gasteiger partial charge in [-0.25, -0.2) is 17.5 Å². The fourth-order valence-electron chi connectivity index (χ4n) is 3.08. The van der Waals surface area contributed by atoms with Gasteiger partial charge in [0.05, 0.1) is 4.90 Å². The van der Waals surface area contributed by atoms with Crippen LogP contribution in [-0.4, -0.2) is 44.9 Å². The van der Waals surface area contributed by atoms with Crippen molar-refractivity contribution in [2.75, 3.05) is 19.6 Å². The molecule has 154 valence electrons. The summed E-state index contributed by atoms with van der Waals surface area (Å²) < 4.78 is 40.3. The van der Waals surface area contributed by atoms with Crippen LogP contribution in [0.15, 0.2) is 29.2 Å². The maximum atomic E-state index is 12.9. The zero-order valence-corrected chi connectivity index (χ0v) is 17.0. The van der Waals surface area contributed by atoms with E-state index < -0.39 is 15.8 Å². The molecule has 0 unspecified atom stereocenters. The van der Waals surface area contributed by atoms with Gasteiger partial charge in [0.2, 0.25) is 15.9 Å². The molecule has 1 fully saturated rings. The number of hydrogen-bond donors (Lipinski definition) is 2. The molecule has 1 aliphatic rings. The summed E-state index contributed by atoms with van der Waals surface area (Å²) in [7, 11) is -3.67. The minimum absolute atomic E-state index is 0. The maximum Gasteiger partial charge on any atom is 0.240 e. The number of benzene rings is 1. The van der Waals surface area contributed by atoms with Crippen LogP contribution in [0.1, 0.15) is 44.9 Å². The quantitative estimate of drug-likeness (QED) is 0.599. The summed E-state index contributed by atoms with van der Waals surface area (Å²) >= 11 is 0. The molecule has 0 atom stereocenters. The molecule has 3 N–H and O–H groups in total. The van der Waals surface area contributed by atoms with Gasteiger partial charge in [-0.2, -0.15) is 0 Å². The highest BCUT2D eigenvalue weighted by molar-refractivity contribution is 7.89. The fourth-order valence-corrected chi connectivity index (χ4v) is 4.39. The van der Waals surface area contributed by atoms with Crippen LogP contribution in [0.4, 0.5) is 4.39 Å². The molecule has 0 bridgehead atoms. The van der Waals surface area contributed by atoms with Gasteiger partial charge in [-0.05, 0) is 56.5 Å². The molecular formula is C18H29ClFN3O3S. The number of carbonyl (C=O) groups is 1. The number of amides is 1. The van der Waals surface area contributed by atoms with Gasteiger partial charge in [0, 0.05) is 25.6 Å². The van der Waals surface area contributed by atoms with Gasteiger partial charge in [0.15, 0.2) is 0 Å². The van der Waals surface area contributed by atoms with Crippen LogP contribution in [0.25, 0.3) is 0 Å². The first-order chi connectivity index (χ1) is 12.4. The minimum Gasteiger partial charge on any atom is -0.343 e. The largest absolute Gasteiger partial charge is 0.343 e. The molecule has 1 saturated heterocycles. The Hall–Kier alpha value is -1.22. The summed E-state index contributed by atoms with van der Waals surface area (Å²) in [6.07, 6.45) is 5.63. The van der Waals surface area contributed by atoms with E-state index in [1.807, 2.05) is 4.90 Å². The number of hydrogen-bond acceptors (Lipinski definition) is 4. The second-order valence-corrected chi connectivity index (χ2v) is 8.40. The molecule has 1 heterocycles. The number of rotatable bonds is 9. The molecule has 1 amide bonds. The Morgan fingerprint density at radius 2 is 1.70 bits per heavy atom. The number of carbonyl (C=O) groups excluding carboxylic acids is 1. The average molecular weight is 422 g/mol. The standard InChI is InChI=1S/C18H28FN3O3S.ClH/c19-15-6-8-17(9-7-15)26(24,25)21-16-10-13-22(14-11-16)18(23)5-3-1-2-4-12-20;/h6-9,16,21H,1-5,10-14,20H2;1H. The summed E-state index contributed by atoms with van der Waals surface area (Å²) in [5, 5.41) is 0. The van der Waals surface area contributed by atoms with Crippen molar-refractivity contribution in [3.8, 4) is 0 Å². The number of likely N-dealkylation sites (tertiary alicyclic amines) is 1. The molecule has 1 aromatic rings. The van der Waals surface area contributed by atoms with Crippen LogP contribution >= 0.6 is 12.4 Å². The number of piperidine rings is 1.